The Balaban J connectivity index is 1.17. The molecule has 0 unspecified atom stereocenters. The highest BCUT2D eigenvalue weighted by atomic mass is 15.0. The van der Waals surface area contributed by atoms with Crippen LogP contribution in [0.4, 0.5) is 0 Å². The van der Waals surface area contributed by atoms with Crippen LogP contribution in [0.5, 0.6) is 0 Å². The molecule has 57 heavy (non-hydrogen) atoms. The Labute approximate surface area is 349 Å². The van der Waals surface area contributed by atoms with Gasteiger partial charge in [-0.05, 0) is 90.2 Å². The van der Waals surface area contributed by atoms with Crippen LogP contribution in [0.15, 0.2) is 194 Å². The zero-order valence-electron chi connectivity index (χ0n) is 44.1. The molecule has 11 rings (SSSR count). The van der Waals surface area contributed by atoms with E-state index in [2.05, 4.69) is 0 Å². The molecular formula is C52H35N5. The monoisotopic (exact) mass is 743 g/mol. The number of benzene rings is 8. The van der Waals surface area contributed by atoms with Gasteiger partial charge in [0.2, 0.25) is 0 Å². The summed E-state index contributed by atoms with van der Waals surface area (Å²) in [5.41, 5.74) is 3.42. The van der Waals surface area contributed by atoms with Gasteiger partial charge in [-0.2, -0.15) is 0 Å². The number of hydrogen-bond donors (Lipinski definition) is 0. The standard InChI is InChI=1S/C52H35N5/c1-34-23-29-44-45-33-41(57-46-21-10-8-19-42(46)43-20-9-11-22-47(43)57)28-30-48(45)56(49(44)31-34)40-26-24-37(25-27-40)51-53-50(36-15-6-3-7-16-36)54-52(55-51)39-18-12-17-38(32-39)35-13-4-2-5-14-35/h2-33H,1H3/i8D,9D,10D,11D,19D,20D,21D,22D,23D,28D,29D,30D,31D,33D. The molecule has 0 aliphatic heterocycles. The van der Waals surface area contributed by atoms with E-state index in [1.54, 1.807) is 24.3 Å². The molecule has 0 spiro atoms. The van der Waals surface area contributed by atoms with Crippen LogP contribution in [-0.4, -0.2) is 24.1 Å². The predicted molar refractivity (Wildman–Crippen MR) is 235 cm³/mol. The number of rotatable bonds is 6. The summed E-state index contributed by atoms with van der Waals surface area (Å²) < 4.78 is 129. The van der Waals surface area contributed by atoms with Gasteiger partial charge in [0.1, 0.15) is 0 Å². The normalized spacial score (nSPS) is 15.0. The fourth-order valence-corrected chi connectivity index (χ4v) is 7.28. The second-order valence-electron chi connectivity index (χ2n) is 13.5. The van der Waals surface area contributed by atoms with Gasteiger partial charge in [0.15, 0.2) is 17.5 Å². The van der Waals surface area contributed by atoms with E-state index in [1.807, 2.05) is 84.9 Å². The Morgan fingerprint density at radius 1 is 0.386 bits per heavy atom. The molecule has 3 aromatic heterocycles. The minimum absolute atomic E-state index is 0.0583. The Hall–Kier alpha value is -7.63. The summed E-state index contributed by atoms with van der Waals surface area (Å²) in [4.78, 5) is 14.7. The van der Waals surface area contributed by atoms with E-state index in [9.17, 15) is 6.85 Å². The molecule has 0 aliphatic carbocycles. The molecule has 3 heterocycles. The van der Waals surface area contributed by atoms with Crippen molar-refractivity contribution in [2.45, 2.75) is 6.92 Å². The Bertz CT molecular complexity index is 4020. The van der Waals surface area contributed by atoms with E-state index in [1.165, 1.54) is 11.5 Å². The van der Waals surface area contributed by atoms with Gasteiger partial charge in [-0.1, -0.05) is 127 Å². The summed E-state index contributed by atoms with van der Waals surface area (Å²) in [5, 5.41) is -0.740. The molecule has 11 aromatic rings. The minimum Gasteiger partial charge on any atom is -0.309 e. The smallest absolute Gasteiger partial charge is 0.164 e. The largest absolute Gasteiger partial charge is 0.309 e. The summed E-state index contributed by atoms with van der Waals surface area (Å²) >= 11 is 0. The van der Waals surface area contributed by atoms with Crippen LogP contribution in [0, 0.1) is 6.92 Å². The first-order valence-corrected chi connectivity index (χ1v) is 18.1. The fourth-order valence-electron chi connectivity index (χ4n) is 7.28. The number of para-hydroxylation sites is 2. The van der Waals surface area contributed by atoms with Gasteiger partial charge >= 0.3 is 0 Å². The molecule has 268 valence electrons. The molecule has 8 aromatic carbocycles. The number of fused-ring (bicyclic) bond motifs is 6. The van der Waals surface area contributed by atoms with E-state index in [0.717, 1.165) is 26.8 Å². The molecule has 0 saturated heterocycles. The summed E-state index contributed by atoms with van der Waals surface area (Å²) in [7, 11) is 0. The number of aromatic nitrogens is 5. The lowest BCUT2D eigenvalue weighted by atomic mass is 10.0. The van der Waals surface area contributed by atoms with Crippen LogP contribution in [0.3, 0.4) is 0 Å². The Morgan fingerprint density at radius 2 is 0.912 bits per heavy atom. The molecule has 5 heteroatoms. The van der Waals surface area contributed by atoms with E-state index in [4.69, 9.17) is 27.3 Å². The van der Waals surface area contributed by atoms with Gasteiger partial charge < -0.3 is 9.13 Å². The van der Waals surface area contributed by atoms with Crippen LogP contribution >= 0.6 is 0 Å². The first-order valence-electron chi connectivity index (χ1n) is 25.1. The summed E-state index contributed by atoms with van der Waals surface area (Å²) in [6.07, 6.45) is 0. The first-order chi connectivity index (χ1) is 34.0. The van der Waals surface area contributed by atoms with Crippen molar-refractivity contribution in [1.29, 1.82) is 0 Å². The lowest BCUT2D eigenvalue weighted by Crippen LogP contribution is -2.01. The van der Waals surface area contributed by atoms with E-state index in [0.29, 0.717) is 28.7 Å². The van der Waals surface area contributed by atoms with Crippen molar-refractivity contribution in [2.75, 3.05) is 0 Å². The van der Waals surface area contributed by atoms with Crippen molar-refractivity contribution in [1.82, 2.24) is 24.1 Å². The third-order valence-corrected chi connectivity index (χ3v) is 9.93. The Morgan fingerprint density at radius 3 is 1.60 bits per heavy atom. The second kappa shape index (κ2) is 13.3. The van der Waals surface area contributed by atoms with Crippen molar-refractivity contribution in [3.05, 3.63) is 199 Å². The number of hydrogen-bond acceptors (Lipinski definition) is 3. The van der Waals surface area contributed by atoms with Crippen molar-refractivity contribution in [2.24, 2.45) is 0 Å². The van der Waals surface area contributed by atoms with Gasteiger partial charge in [0.05, 0.1) is 41.3 Å². The topological polar surface area (TPSA) is 48.5 Å². The third kappa shape index (κ3) is 5.59. The zero-order chi connectivity index (χ0) is 50.1. The van der Waals surface area contributed by atoms with Crippen LogP contribution in [0.1, 0.15) is 24.8 Å². The Kier molecular flexibility index (Phi) is 5.00. The highest BCUT2D eigenvalue weighted by molar-refractivity contribution is 6.12. The van der Waals surface area contributed by atoms with Crippen molar-refractivity contribution in [3.8, 4) is 56.7 Å². The average molecular weight is 744 g/mol. The predicted octanol–water partition coefficient (Wildman–Crippen LogP) is 13.0. The van der Waals surface area contributed by atoms with Crippen LogP contribution in [0.25, 0.3) is 100 Å². The zero-order valence-corrected chi connectivity index (χ0v) is 30.1. The quantitative estimate of drug-likeness (QED) is 0.170. The molecular weight excluding hydrogens is 695 g/mol. The molecule has 5 nitrogen and oxygen atoms in total. The maximum atomic E-state index is 9.93. The van der Waals surface area contributed by atoms with Crippen molar-refractivity contribution in [3.63, 3.8) is 0 Å². The van der Waals surface area contributed by atoms with E-state index in [-0.39, 0.29) is 67.3 Å². The van der Waals surface area contributed by atoms with Crippen LogP contribution < -0.4 is 0 Å². The SMILES string of the molecule is [2H]c1c(C)c([2H])c2c(c1[2H])c1c([2H])c(-n3c4c([2H])c([2H])c([2H])c([2H])c4c4c([2H])c([2H])c([2H])c([2H])c43)c([2H])c([2H])c1n2-c1ccc(-c2nc(-c3ccccc3)nc(-c3cccc(-c4ccccc4)c3)n2)cc1. The van der Waals surface area contributed by atoms with Gasteiger partial charge in [0, 0.05) is 49.6 Å². The highest BCUT2D eigenvalue weighted by Crippen LogP contribution is 2.38. The van der Waals surface area contributed by atoms with Crippen LogP contribution in [0.2, 0.25) is 0 Å². The van der Waals surface area contributed by atoms with E-state index >= 15 is 0 Å². The fraction of sp³-hybridized carbons (Fsp3) is 0.0192. The molecule has 0 fully saturated rings. The highest BCUT2D eigenvalue weighted by Gasteiger charge is 2.18. The lowest BCUT2D eigenvalue weighted by Gasteiger charge is -2.12. The first kappa shape index (κ1) is 21.5. The van der Waals surface area contributed by atoms with Gasteiger partial charge in [0.25, 0.3) is 0 Å². The molecule has 0 bridgehead atoms. The average Bonchev–Trinajstić information content (AvgIpc) is 3.95. The molecule has 0 atom stereocenters. The van der Waals surface area contributed by atoms with Gasteiger partial charge in [-0.15, -0.1) is 0 Å². The van der Waals surface area contributed by atoms with Crippen molar-refractivity contribution >= 4 is 43.6 Å². The summed E-state index contributed by atoms with van der Waals surface area (Å²) in [6.45, 7) is 1.52. The summed E-state index contributed by atoms with van der Waals surface area (Å²) in [6, 6.07) is 26.4. The molecule has 0 amide bonds. The molecule has 0 saturated carbocycles. The maximum Gasteiger partial charge on any atom is 0.164 e. The van der Waals surface area contributed by atoms with Crippen molar-refractivity contribution < 1.29 is 19.2 Å². The second-order valence-corrected chi connectivity index (χ2v) is 13.5. The number of nitrogens with zero attached hydrogens (tertiary/aromatic N) is 5. The van der Waals surface area contributed by atoms with Gasteiger partial charge in [-0.3, -0.25) is 0 Å². The summed E-state index contributed by atoms with van der Waals surface area (Å²) in [5.74, 6) is 1.20. The molecule has 0 radical (unpaired) electrons. The van der Waals surface area contributed by atoms with Gasteiger partial charge in [-0.25, -0.2) is 15.0 Å². The molecule has 0 N–H and O–H groups in total. The van der Waals surface area contributed by atoms with E-state index < -0.39 is 72.2 Å². The molecule has 0 aliphatic rings. The minimum atomic E-state index is -0.698. The maximum absolute atomic E-state index is 9.93. The lowest BCUT2D eigenvalue weighted by molar-refractivity contribution is 1.07. The third-order valence-electron chi connectivity index (χ3n) is 9.93. The van der Waals surface area contributed by atoms with Crippen LogP contribution in [-0.2, 0) is 0 Å².